The van der Waals surface area contributed by atoms with E-state index in [1.165, 1.54) is 16.5 Å². The van der Waals surface area contributed by atoms with E-state index < -0.39 is 0 Å². The van der Waals surface area contributed by atoms with Gasteiger partial charge in [0.25, 0.3) is 0 Å². The molecule has 1 atom stereocenters. The van der Waals surface area contributed by atoms with E-state index in [-0.39, 0.29) is 0 Å². The van der Waals surface area contributed by atoms with Crippen LogP contribution in [0.3, 0.4) is 0 Å². The van der Waals surface area contributed by atoms with E-state index >= 15 is 0 Å². The molecule has 3 aromatic rings. The number of fused-ring (bicyclic) bond motifs is 1. The van der Waals surface area contributed by atoms with E-state index in [0.717, 1.165) is 17.7 Å². The minimum Gasteiger partial charge on any atom is -0.488 e. The lowest BCUT2D eigenvalue weighted by Crippen LogP contribution is -2.26. The molecule has 0 aliphatic carbocycles. The van der Waals surface area contributed by atoms with Crippen molar-refractivity contribution in [2.45, 2.75) is 26.0 Å². The van der Waals surface area contributed by atoms with E-state index in [1.54, 1.807) is 0 Å². The van der Waals surface area contributed by atoms with Crippen LogP contribution >= 0.6 is 0 Å². The molecule has 120 valence electrons. The summed E-state index contributed by atoms with van der Waals surface area (Å²) in [5, 5.41) is 1.21. The van der Waals surface area contributed by atoms with E-state index in [1.807, 2.05) is 24.3 Å². The first-order chi connectivity index (χ1) is 11.1. The van der Waals surface area contributed by atoms with Crippen LogP contribution in [-0.4, -0.2) is 30.0 Å². The number of benzene rings is 2. The van der Waals surface area contributed by atoms with Gasteiger partial charge in [-0.2, -0.15) is 0 Å². The van der Waals surface area contributed by atoms with Crippen LogP contribution in [0.1, 0.15) is 18.1 Å². The van der Waals surface area contributed by atoms with Crippen LogP contribution < -0.4 is 4.74 Å². The molecule has 1 unspecified atom stereocenters. The second-order valence-corrected chi connectivity index (χ2v) is 6.28. The van der Waals surface area contributed by atoms with Gasteiger partial charge in [-0.25, -0.2) is 0 Å². The molecule has 0 bridgehead atoms. The number of H-pyrrole nitrogens is 1. The number of hydrogen-bond acceptors (Lipinski definition) is 2. The third kappa shape index (κ3) is 3.57. The number of hydrogen-bond donors (Lipinski definition) is 1. The Kier molecular flexibility index (Phi) is 4.68. The van der Waals surface area contributed by atoms with Crippen molar-refractivity contribution in [3.05, 3.63) is 65.9 Å². The Morgan fingerprint density at radius 3 is 2.57 bits per heavy atom. The lowest BCUT2D eigenvalue weighted by atomic mass is 10.0. The van der Waals surface area contributed by atoms with Crippen molar-refractivity contribution in [1.29, 1.82) is 0 Å². The fourth-order valence-corrected chi connectivity index (χ4v) is 2.74. The van der Waals surface area contributed by atoms with Crippen LogP contribution in [0.25, 0.3) is 10.9 Å². The highest BCUT2D eigenvalue weighted by atomic mass is 16.5. The Labute approximate surface area is 137 Å². The average molecular weight is 308 g/mol. The van der Waals surface area contributed by atoms with Gasteiger partial charge in [-0.05, 0) is 50.7 Å². The van der Waals surface area contributed by atoms with Gasteiger partial charge in [0, 0.05) is 23.1 Å². The Morgan fingerprint density at radius 1 is 1.04 bits per heavy atom. The lowest BCUT2D eigenvalue weighted by molar-refractivity contribution is 0.307. The van der Waals surface area contributed by atoms with Gasteiger partial charge >= 0.3 is 0 Å². The van der Waals surface area contributed by atoms with Crippen molar-refractivity contribution in [2.75, 3.05) is 14.1 Å². The molecule has 3 heteroatoms. The van der Waals surface area contributed by atoms with E-state index in [0.29, 0.717) is 12.6 Å². The summed E-state index contributed by atoms with van der Waals surface area (Å²) < 4.78 is 6.11. The molecule has 1 aromatic heterocycles. The largest absolute Gasteiger partial charge is 0.488 e. The minimum atomic E-state index is 0.483. The summed E-state index contributed by atoms with van der Waals surface area (Å²) >= 11 is 0. The van der Waals surface area contributed by atoms with Gasteiger partial charge in [0.1, 0.15) is 12.4 Å². The Hall–Kier alpha value is -2.26. The topological polar surface area (TPSA) is 28.3 Å². The van der Waals surface area contributed by atoms with Crippen LogP contribution in [0.5, 0.6) is 5.75 Å². The van der Waals surface area contributed by atoms with Crippen LogP contribution in [0.4, 0.5) is 0 Å². The van der Waals surface area contributed by atoms with E-state index in [9.17, 15) is 0 Å². The standard InChI is InChI=1S/C20H24N2O/c1-15(22(2)3)12-17-13-21-18-10-7-11-19(20(17)18)23-14-16-8-5-4-6-9-16/h4-11,13,15,21H,12,14H2,1-3H3. The van der Waals surface area contributed by atoms with Gasteiger partial charge in [0.2, 0.25) is 0 Å². The Bertz CT molecular complexity index is 762. The van der Waals surface area contributed by atoms with Gasteiger partial charge in [-0.3, -0.25) is 0 Å². The first-order valence-electron chi connectivity index (χ1n) is 8.07. The minimum absolute atomic E-state index is 0.483. The number of ether oxygens (including phenoxy) is 1. The van der Waals surface area contributed by atoms with E-state index in [2.05, 4.69) is 61.4 Å². The number of aromatic nitrogens is 1. The third-order valence-electron chi connectivity index (χ3n) is 4.38. The maximum absolute atomic E-state index is 6.11. The monoisotopic (exact) mass is 308 g/mol. The van der Waals surface area contributed by atoms with Crippen molar-refractivity contribution in [2.24, 2.45) is 0 Å². The highest BCUT2D eigenvalue weighted by molar-refractivity contribution is 5.89. The molecule has 3 rings (SSSR count). The van der Waals surface area contributed by atoms with Gasteiger partial charge < -0.3 is 14.6 Å². The molecule has 0 aliphatic rings. The first-order valence-corrected chi connectivity index (χ1v) is 8.07. The number of nitrogens with one attached hydrogen (secondary N) is 1. The molecule has 1 heterocycles. The molecule has 0 fully saturated rings. The Morgan fingerprint density at radius 2 is 1.83 bits per heavy atom. The number of aromatic amines is 1. The van der Waals surface area contributed by atoms with Crippen LogP contribution in [0.15, 0.2) is 54.7 Å². The van der Waals surface area contributed by atoms with E-state index in [4.69, 9.17) is 4.74 Å². The van der Waals surface area contributed by atoms with Gasteiger partial charge in [0.15, 0.2) is 0 Å². The van der Waals surface area contributed by atoms with Crippen LogP contribution in [0, 0.1) is 0 Å². The van der Waals surface area contributed by atoms with Crippen molar-refractivity contribution >= 4 is 10.9 Å². The number of nitrogens with zero attached hydrogens (tertiary/aromatic N) is 1. The normalized spacial score (nSPS) is 12.7. The predicted octanol–water partition coefficient (Wildman–Crippen LogP) is 4.24. The van der Waals surface area contributed by atoms with Crippen molar-refractivity contribution in [3.63, 3.8) is 0 Å². The SMILES string of the molecule is CC(Cc1c[nH]c2cccc(OCc3ccccc3)c12)N(C)C. The Balaban J connectivity index is 1.86. The fourth-order valence-electron chi connectivity index (χ4n) is 2.74. The fraction of sp³-hybridized carbons (Fsp3) is 0.300. The van der Waals surface area contributed by atoms with Crippen molar-refractivity contribution < 1.29 is 4.74 Å². The van der Waals surface area contributed by atoms with Crippen LogP contribution in [0.2, 0.25) is 0 Å². The molecule has 0 radical (unpaired) electrons. The maximum Gasteiger partial charge on any atom is 0.129 e. The first kappa shape index (κ1) is 15.6. The quantitative estimate of drug-likeness (QED) is 0.738. The molecule has 1 N–H and O–H groups in total. The van der Waals surface area contributed by atoms with Gasteiger partial charge in [0.05, 0.1) is 0 Å². The average Bonchev–Trinajstić information content (AvgIpc) is 2.97. The molecule has 3 nitrogen and oxygen atoms in total. The summed E-state index contributed by atoms with van der Waals surface area (Å²) in [4.78, 5) is 5.61. The second-order valence-electron chi connectivity index (χ2n) is 6.28. The lowest BCUT2D eigenvalue weighted by Gasteiger charge is -2.19. The van der Waals surface area contributed by atoms with Crippen molar-refractivity contribution in [3.8, 4) is 5.75 Å². The molecular weight excluding hydrogens is 284 g/mol. The number of likely N-dealkylation sites (N-methyl/N-ethyl adjacent to an activating group) is 1. The molecular formula is C20H24N2O. The summed E-state index contributed by atoms with van der Waals surface area (Å²) in [5.74, 6) is 0.952. The van der Waals surface area contributed by atoms with Crippen LogP contribution in [-0.2, 0) is 13.0 Å². The van der Waals surface area contributed by atoms with Gasteiger partial charge in [-0.1, -0.05) is 36.4 Å². The molecule has 0 spiro atoms. The number of rotatable bonds is 6. The smallest absolute Gasteiger partial charge is 0.129 e. The molecule has 0 saturated heterocycles. The highest BCUT2D eigenvalue weighted by Crippen LogP contribution is 2.30. The molecule has 2 aromatic carbocycles. The molecule has 0 saturated carbocycles. The molecule has 0 amide bonds. The summed E-state index contributed by atoms with van der Waals surface area (Å²) in [5.41, 5.74) is 3.63. The summed E-state index contributed by atoms with van der Waals surface area (Å²) in [6.45, 7) is 2.83. The highest BCUT2D eigenvalue weighted by Gasteiger charge is 2.13. The molecule has 23 heavy (non-hydrogen) atoms. The maximum atomic E-state index is 6.11. The predicted molar refractivity (Wildman–Crippen MR) is 95.9 cm³/mol. The third-order valence-corrected chi connectivity index (χ3v) is 4.38. The second kappa shape index (κ2) is 6.88. The summed E-state index contributed by atoms with van der Waals surface area (Å²) in [7, 11) is 4.23. The zero-order chi connectivity index (χ0) is 16.2. The zero-order valence-electron chi connectivity index (χ0n) is 14.0. The summed E-state index contributed by atoms with van der Waals surface area (Å²) in [6, 6.07) is 17.0. The summed E-state index contributed by atoms with van der Waals surface area (Å²) in [6.07, 6.45) is 3.11. The molecule has 0 aliphatic heterocycles. The van der Waals surface area contributed by atoms with Gasteiger partial charge in [-0.15, -0.1) is 0 Å². The zero-order valence-corrected chi connectivity index (χ0v) is 14.0. The van der Waals surface area contributed by atoms with Crippen molar-refractivity contribution in [1.82, 2.24) is 9.88 Å².